The molecule has 0 saturated heterocycles. The normalized spacial score (nSPS) is 11.8. The SMILES string of the molecule is CN(CC(=O)OS(=O)(=O)[O-])CP(CN(C)CC(=O)OS(=O)(=O)[O-])CN(C)CC(=O)OS(=O)(=O)[O-].[Na+].[Na+].[Na+]. The zero-order chi connectivity index (χ0) is 26.9. The van der Waals surface area contributed by atoms with Crippen LogP contribution in [0.2, 0.25) is 0 Å². The first-order valence-electron chi connectivity index (χ1n) is 8.47. The van der Waals surface area contributed by atoms with Crippen molar-refractivity contribution in [1.82, 2.24) is 14.7 Å². The van der Waals surface area contributed by atoms with Gasteiger partial charge in [-0.1, -0.05) is 7.92 Å². The smallest absolute Gasteiger partial charge is 0.716 e. The summed E-state index contributed by atoms with van der Waals surface area (Å²) in [5.41, 5.74) is 0. The molecule has 0 heterocycles. The van der Waals surface area contributed by atoms with Gasteiger partial charge in [0.1, 0.15) is 0 Å². The van der Waals surface area contributed by atoms with Gasteiger partial charge in [-0.3, -0.25) is 14.7 Å². The van der Waals surface area contributed by atoms with Crippen LogP contribution in [-0.4, -0.2) is 131 Å². The number of hydrogen-bond acceptors (Lipinski definition) is 18. The number of carbonyl (C=O) groups is 3. The van der Waals surface area contributed by atoms with Crippen molar-refractivity contribution in [3.63, 3.8) is 0 Å². The molecule has 0 saturated carbocycles. The standard InChI is InChI=1S/C12H24N3O15PS3.3Na/c1-13(4-10(16)28-32(19,20)21)7-31(8-14(2)5-11(17)29-33(22,23)24)9-15(3)6-12(18)30-34(25,26)27;;;/h4-9H2,1-3H3,(H,19,20,21)(H,22,23,24)(H,25,26,27);;;/q;3*+1/p-3. The molecule has 0 spiro atoms. The van der Waals surface area contributed by atoms with E-state index in [4.69, 9.17) is 0 Å². The third kappa shape index (κ3) is 28.8. The summed E-state index contributed by atoms with van der Waals surface area (Å²) < 4.78 is 105. The Balaban J connectivity index is -0.00000181. The van der Waals surface area contributed by atoms with Crippen molar-refractivity contribution in [3.05, 3.63) is 0 Å². The molecule has 0 amide bonds. The molecule has 0 atom stereocenters. The minimum absolute atomic E-state index is 0. The molecular formula is C12H21N3Na3O15PS3. The van der Waals surface area contributed by atoms with Crippen LogP contribution in [0, 0.1) is 0 Å². The summed E-state index contributed by atoms with van der Waals surface area (Å²) in [5, 5.41) is 0. The predicted molar refractivity (Wildman–Crippen MR) is 107 cm³/mol. The molecular weight excluding hydrogens is 622 g/mol. The van der Waals surface area contributed by atoms with Gasteiger partial charge in [-0.05, 0) is 21.1 Å². The predicted octanol–water partition coefficient (Wildman–Crippen LogP) is -12.8. The summed E-state index contributed by atoms with van der Waals surface area (Å²) in [4.78, 5) is 38.2. The maximum Gasteiger partial charge on any atom is 1.00 e. The van der Waals surface area contributed by atoms with Crippen molar-refractivity contribution >= 4 is 57.0 Å². The van der Waals surface area contributed by atoms with Gasteiger partial charge in [0, 0.05) is 18.9 Å². The fourth-order valence-corrected chi connectivity index (χ4v) is 5.85. The molecule has 18 nitrogen and oxygen atoms in total. The average molecular weight is 643 g/mol. The van der Waals surface area contributed by atoms with Crippen LogP contribution in [0.5, 0.6) is 0 Å². The Morgan fingerprint density at radius 2 is 0.757 bits per heavy atom. The summed E-state index contributed by atoms with van der Waals surface area (Å²) in [6.07, 6.45) is -0.0362. The van der Waals surface area contributed by atoms with Gasteiger partial charge in [0.2, 0.25) is 0 Å². The Hall–Kier alpha value is 1.45. The first kappa shape index (κ1) is 45.4. The molecule has 0 unspecified atom stereocenters. The van der Waals surface area contributed by atoms with Crippen molar-refractivity contribution in [2.75, 3.05) is 59.6 Å². The molecule has 0 rings (SSSR count). The molecule has 0 aliphatic rings. The number of nitrogens with zero attached hydrogens (tertiary/aromatic N) is 3. The number of hydrogen-bond donors (Lipinski definition) is 0. The molecule has 0 radical (unpaired) electrons. The first-order chi connectivity index (χ1) is 15.1. The summed E-state index contributed by atoms with van der Waals surface area (Å²) in [6.45, 7) is -1.96. The van der Waals surface area contributed by atoms with Crippen LogP contribution in [0.25, 0.3) is 0 Å². The van der Waals surface area contributed by atoms with Crippen molar-refractivity contribution in [2.24, 2.45) is 0 Å². The van der Waals surface area contributed by atoms with Gasteiger partial charge >= 0.3 is 107 Å². The molecule has 0 aliphatic heterocycles. The fourth-order valence-electron chi connectivity index (χ4n) is 2.39. The molecule has 0 aromatic heterocycles. The summed E-state index contributed by atoms with van der Waals surface area (Å²) in [6, 6.07) is 0. The fraction of sp³-hybridized carbons (Fsp3) is 0.750. The van der Waals surface area contributed by atoms with Crippen LogP contribution in [0.15, 0.2) is 0 Å². The summed E-state index contributed by atoms with van der Waals surface area (Å²) in [5.74, 6) is -4.16. The summed E-state index contributed by atoms with van der Waals surface area (Å²) in [7, 11) is -13.2. The molecule has 0 aromatic rings. The molecule has 25 heteroatoms. The molecule has 0 bridgehead atoms. The van der Waals surface area contributed by atoms with E-state index < -0.39 is 76.7 Å². The van der Waals surface area contributed by atoms with E-state index in [1.807, 2.05) is 0 Å². The second-order valence-corrected chi connectivity index (χ2v) is 11.9. The molecule has 0 aromatic carbocycles. The van der Waals surface area contributed by atoms with Gasteiger partial charge < -0.3 is 26.2 Å². The maximum absolute atomic E-state index is 11.5. The van der Waals surface area contributed by atoms with E-state index in [1.54, 1.807) is 0 Å². The van der Waals surface area contributed by atoms with E-state index in [0.29, 0.717) is 0 Å². The topological polar surface area (TPSA) is 260 Å². The van der Waals surface area contributed by atoms with E-state index in [2.05, 4.69) is 12.5 Å². The van der Waals surface area contributed by atoms with E-state index in [9.17, 15) is 53.3 Å². The van der Waals surface area contributed by atoms with E-state index in [0.717, 1.165) is 0 Å². The van der Waals surface area contributed by atoms with Crippen LogP contribution in [0.3, 0.4) is 0 Å². The van der Waals surface area contributed by atoms with Crippen LogP contribution >= 0.6 is 7.92 Å². The largest absolute Gasteiger partial charge is 1.00 e. The van der Waals surface area contributed by atoms with Gasteiger partial charge in [-0.2, -0.15) is 0 Å². The quantitative estimate of drug-likeness (QED) is 0.0694. The van der Waals surface area contributed by atoms with Crippen LogP contribution < -0.4 is 88.7 Å². The Morgan fingerprint density at radius 1 is 0.568 bits per heavy atom. The third-order valence-electron chi connectivity index (χ3n) is 3.11. The second kappa shape index (κ2) is 20.3. The first-order valence-corrected chi connectivity index (χ1v) is 14.4. The number of rotatable bonds is 15. The zero-order valence-electron chi connectivity index (χ0n) is 20.9. The van der Waals surface area contributed by atoms with Crippen LogP contribution in [0.1, 0.15) is 0 Å². The Morgan fingerprint density at radius 3 is 0.919 bits per heavy atom. The van der Waals surface area contributed by atoms with E-state index >= 15 is 0 Å². The van der Waals surface area contributed by atoms with E-state index in [1.165, 1.54) is 35.8 Å². The minimum atomic E-state index is -5.28. The summed E-state index contributed by atoms with van der Waals surface area (Å²) >= 11 is 0. The van der Waals surface area contributed by atoms with Gasteiger partial charge in [0.25, 0.3) is 31.2 Å². The molecule has 0 fully saturated rings. The third-order valence-corrected chi connectivity index (χ3v) is 6.92. The van der Waals surface area contributed by atoms with Gasteiger partial charge in [0.05, 0.1) is 19.6 Å². The Bertz CT molecular complexity index is 928. The van der Waals surface area contributed by atoms with Gasteiger partial charge in [-0.15, -0.1) is 0 Å². The minimum Gasteiger partial charge on any atom is -0.716 e. The zero-order valence-corrected chi connectivity index (χ0v) is 30.2. The van der Waals surface area contributed by atoms with Crippen molar-refractivity contribution < 1.29 is 155 Å². The average Bonchev–Trinajstić information content (AvgIpc) is 2.47. The van der Waals surface area contributed by atoms with E-state index in [-0.39, 0.29) is 108 Å². The van der Waals surface area contributed by atoms with Crippen LogP contribution in [0.4, 0.5) is 0 Å². The molecule has 0 N–H and O–H groups in total. The molecule has 200 valence electrons. The number of likely N-dealkylation sites (N-methyl/N-ethyl adjacent to an activating group) is 3. The van der Waals surface area contributed by atoms with Crippen molar-refractivity contribution in [2.45, 2.75) is 0 Å². The Kier molecular flexibility index (Phi) is 25.0. The van der Waals surface area contributed by atoms with Gasteiger partial charge in [-0.25, -0.2) is 39.6 Å². The van der Waals surface area contributed by atoms with Gasteiger partial charge in [0.15, 0.2) is 0 Å². The monoisotopic (exact) mass is 643 g/mol. The number of carbonyl (C=O) groups excluding carboxylic acids is 3. The Labute approximate surface area is 282 Å². The van der Waals surface area contributed by atoms with Crippen LogP contribution in [-0.2, 0) is 58.1 Å². The second-order valence-electron chi connectivity index (χ2n) is 6.73. The molecule has 0 aliphatic carbocycles. The molecule has 37 heavy (non-hydrogen) atoms. The van der Waals surface area contributed by atoms with Crippen molar-refractivity contribution in [3.8, 4) is 0 Å². The van der Waals surface area contributed by atoms with Crippen molar-refractivity contribution in [1.29, 1.82) is 0 Å². The maximum atomic E-state index is 11.5.